The van der Waals surface area contributed by atoms with Gasteiger partial charge in [-0.05, 0) is 36.1 Å². The Bertz CT molecular complexity index is 659. The lowest BCUT2D eigenvalue weighted by molar-refractivity contribution is -0.00131. The topological polar surface area (TPSA) is 39.5 Å². The fourth-order valence-electron chi connectivity index (χ4n) is 3.46. The van der Waals surface area contributed by atoms with E-state index in [2.05, 4.69) is 16.2 Å². The predicted octanol–water partition coefficient (Wildman–Crippen LogP) is 2.41. The van der Waals surface area contributed by atoms with Crippen LogP contribution in [-0.2, 0) is 29.5 Å². The molecule has 2 atom stereocenters. The molecule has 136 valence electrons. The minimum Gasteiger partial charge on any atom is -0.382 e. The Kier molecular flexibility index (Phi) is 6.18. The van der Waals surface area contributed by atoms with E-state index in [1.807, 2.05) is 30.1 Å². The van der Waals surface area contributed by atoms with Gasteiger partial charge in [0.1, 0.15) is 5.82 Å². The molecular formula is C19H26FN3O2. The molecule has 1 aromatic carbocycles. The highest BCUT2D eigenvalue weighted by Crippen LogP contribution is 2.26. The van der Waals surface area contributed by atoms with Crippen molar-refractivity contribution in [2.24, 2.45) is 7.05 Å². The van der Waals surface area contributed by atoms with E-state index >= 15 is 0 Å². The van der Waals surface area contributed by atoms with Crippen molar-refractivity contribution in [2.75, 3.05) is 26.9 Å². The number of aryl methyl sites for hydroxylation is 1. The fraction of sp³-hybridized carbons (Fsp3) is 0.526. The zero-order chi connectivity index (χ0) is 17.6. The average Bonchev–Trinajstić information content (AvgIpc) is 3.18. The van der Waals surface area contributed by atoms with Crippen LogP contribution < -0.4 is 0 Å². The number of likely N-dealkylation sites (tertiary alicyclic amines) is 1. The number of methoxy groups -OCH3 is 1. The summed E-state index contributed by atoms with van der Waals surface area (Å²) in [6.45, 7) is 2.98. The zero-order valence-corrected chi connectivity index (χ0v) is 14.9. The van der Waals surface area contributed by atoms with Gasteiger partial charge >= 0.3 is 0 Å². The number of hydrogen-bond donors (Lipinski definition) is 0. The molecule has 0 saturated carbocycles. The number of ether oxygens (including phenoxy) is 2. The van der Waals surface area contributed by atoms with Crippen LogP contribution in [0, 0.1) is 5.82 Å². The maximum Gasteiger partial charge on any atom is 0.123 e. The van der Waals surface area contributed by atoms with Crippen LogP contribution in [0.25, 0.3) is 0 Å². The summed E-state index contributed by atoms with van der Waals surface area (Å²) in [5.41, 5.74) is 2.33. The molecule has 0 unspecified atom stereocenters. The Hall–Kier alpha value is -1.76. The first-order chi connectivity index (χ1) is 12.2. The normalized spacial score (nSPS) is 21.1. The Balaban J connectivity index is 1.69. The lowest BCUT2D eigenvalue weighted by Crippen LogP contribution is -2.38. The van der Waals surface area contributed by atoms with E-state index in [4.69, 9.17) is 9.47 Å². The van der Waals surface area contributed by atoms with Gasteiger partial charge in [-0.2, -0.15) is 5.10 Å². The van der Waals surface area contributed by atoms with Gasteiger partial charge in [0.25, 0.3) is 0 Å². The Morgan fingerprint density at radius 1 is 1.20 bits per heavy atom. The largest absolute Gasteiger partial charge is 0.382 e. The summed E-state index contributed by atoms with van der Waals surface area (Å²) < 4.78 is 26.1. The SMILES string of the molecule is COCCO[C@@H]1CCN(Cc2ccc(F)cc2)[C@@H]1Cc1cnn(C)c1. The van der Waals surface area contributed by atoms with E-state index in [1.54, 1.807) is 7.11 Å². The summed E-state index contributed by atoms with van der Waals surface area (Å²) in [5, 5.41) is 4.27. The van der Waals surface area contributed by atoms with Crippen LogP contribution >= 0.6 is 0 Å². The van der Waals surface area contributed by atoms with Crippen LogP contribution in [-0.4, -0.2) is 53.7 Å². The molecule has 1 aliphatic heterocycles. The van der Waals surface area contributed by atoms with Crippen molar-refractivity contribution in [3.8, 4) is 0 Å². The molecule has 3 rings (SSSR count). The van der Waals surface area contributed by atoms with Gasteiger partial charge in [0.05, 0.1) is 25.5 Å². The molecule has 1 aromatic heterocycles. The molecule has 1 aliphatic rings. The molecule has 6 heteroatoms. The number of benzene rings is 1. The summed E-state index contributed by atoms with van der Waals surface area (Å²) >= 11 is 0. The van der Waals surface area contributed by atoms with Crippen molar-refractivity contribution in [3.63, 3.8) is 0 Å². The van der Waals surface area contributed by atoms with E-state index in [9.17, 15) is 4.39 Å². The van der Waals surface area contributed by atoms with Gasteiger partial charge in [-0.3, -0.25) is 9.58 Å². The van der Waals surface area contributed by atoms with Crippen LogP contribution in [0.4, 0.5) is 4.39 Å². The first kappa shape index (κ1) is 18.0. The molecule has 1 saturated heterocycles. The van der Waals surface area contributed by atoms with Crippen molar-refractivity contribution in [2.45, 2.75) is 31.5 Å². The van der Waals surface area contributed by atoms with Gasteiger partial charge in [-0.25, -0.2) is 4.39 Å². The maximum absolute atomic E-state index is 13.1. The van der Waals surface area contributed by atoms with E-state index in [0.29, 0.717) is 13.2 Å². The molecule has 0 radical (unpaired) electrons. The molecule has 0 spiro atoms. The summed E-state index contributed by atoms with van der Waals surface area (Å²) in [5.74, 6) is -0.196. The third kappa shape index (κ3) is 4.87. The van der Waals surface area contributed by atoms with E-state index in [1.165, 1.54) is 17.7 Å². The first-order valence-corrected chi connectivity index (χ1v) is 8.72. The van der Waals surface area contributed by atoms with Crippen LogP contribution in [0.3, 0.4) is 0 Å². The third-order valence-electron chi connectivity index (χ3n) is 4.72. The molecular weight excluding hydrogens is 321 g/mol. The van der Waals surface area contributed by atoms with Crippen molar-refractivity contribution in [1.82, 2.24) is 14.7 Å². The van der Waals surface area contributed by atoms with Crippen molar-refractivity contribution in [1.29, 1.82) is 0 Å². The van der Waals surface area contributed by atoms with E-state index < -0.39 is 0 Å². The monoisotopic (exact) mass is 347 g/mol. The zero-order valence-electron chi connectivity index (χ0n) is 14.9. The Morgan fingerprint density at radius 3 is 2.68 bits per heavy atom. The van der Waals surface area contributed by atoms with Crippen molar-refractivity contribution < 1.29 is 13.9 Å². The number of hydrogen-bond acceptors (Lipinski definition) is 4. The molecule has 0 amide bonds. The average molecular weight is 347 g/mol. The van der Waals surface area contributed by atoms with Crippen LogP contribution in [0.15, 0.2) is 36.7 Å². The van der Waals surface area contributed by atoms with E-state index in [-0.39, 0.29) is 18.0 Å². The lowest BCUT2D eigenvalue weighted by atomic mass is 10.0. The molecule has 25 heavy (non-hydrogen) atoms. The summed E-state index contributed by atoms with van der Waals surface area (Å²) in [6.07, 6.45) is 6.04. The second-order valence-electron chi connectivity index (χ2n) is 6.58. The van der Waals surface area contributed by atoms with Crippen LogP contribution in [0.1, 0.15) is 17.5 Å². The quantitative estimate of drug-likeness (QED) is 0.688. The van der Waals surface area contributed by atoms with Crippen LogP contribution in [0.2, 0.25) is 0 Å². The Labute approximate surface area is 148 Å². The van der Waals surface area contributed by atoms with Crippen molar-refractivity contribution in [3.05, 3.63) is 53.6 Å². The predicted molar refractivity (Wildman–Crippen MR) is 93.7 cm³/mol. The smallest absolute Gasteiger partial charge is 0.123 e. The van der Waals surface area contributed by atoms with Gasteiger partial charge in [-0.1, -0.05) is 12.1 Å². The molecule has 2 heterocycles. The lowest BCUT2D eigenvalue weighted by Gasteiger charge is -2.28. The molecule has 2 aromatic rings. The van der Waals surface area contributed by atoms with Gasteiger partial charge < -0.3 is 9.47 Å². The van der Waals surface area contributed by atoms with Gasteiger partial charge in [0.15, 0.2) is 0 Å². The van der Waals surface area contributed by atoms with Gasteiger partial charge in [-0.15, -0.1) is 0 Å². The second-order valence-corrected chi connectivity index (χ2v) is 6.58. The van der Waals surface area contributed by atoms with Gasteiger partial charge in [0.2, 0.25) is 0 Å². The maximum atomic E-state index is 13.1. The number of rotatable bonds is 8. The highest BCUT2D eigenvalue weighted by atomic mass is 19.1. The van der Waals surface area contributed by atoms with Crippen molar-refractivity contribution >= 4 is 0 Å². The second kappa shape index (κ2) is 8.56. The highest BCUT2D eigenvalue weighted by Gasteiger charge is 2.35. The number of halogens is 1. The standard InChI is InChI=1S/C19H26FN3O2/c1-22-13-16(12-21-22)11-18-19(25-10-9-24-2)7-8-23(18)14-15-3-5-17(20)6-4-15/h3-6,12-13,18-19H,7-11,14H2,1-2H3/t18-,19-/m1/s1. The first-order valence-electron chi connectivity index (χ1n) is 8.72. The minimum absolute atomic E-state index is 0.177. The molecule has 0 bridgehead atoms. The Morgan fingerprint density at radius 2 is 2.00 bits per heavy atom. The molecule has 0 N–H and O–H groups in total. The minimum atomic E-state index is -0.196. The highest BCUT2D eigenvalue weighted by molar-refractivity contribution is 5.17. The van der Waals surface area contributed by atoms with Gasteiger partial charge in [0, 0.05) is 39.5 Å². The third-order valence-corrected chi connectivity index (χ3v) is 4.72. The van der Waals surface area contributed by atoms with Crippen LogP contribution in [0.5, 0.6) is 0 Å². The summed E-state index contributed by atoms with van der Waals surface area (Å²) in [4.78, 5) is 2.43. The summed E-state index contributed by atoms with van der Waals surface area (Å²) in [7, 11) is 3.62. The molecule has 1 fully saturated rings. The molecule has 0 aliphatic carbocycles. The fourth-order valence-corrected chi connectivity index (χ4v) is 3.46. The number of aromatic nitrogens is 2. The van der Waals surface area contributed by atoms with E-state index in [0.717, 1.165) is 31.5 Å². The summed E-state index contributed by atoms with van der Waals surface area (Å²) in [6, 6.07) is 7.04. The molecule has 5 nitrogen and oxygen atoms in total. The number of nitrogens with zero attached hydrogens (tertiary/aromatic N) is 3.